The summed E-state index contributed by atoms with van der Waals surface area (Å²) < 4.78 is 38.2. The molecule has 1 N–H and O–H groups in total. The Morgan fingerprint density at radius 2 is 1.61 bits per heavy atom. The molecule has 1 aliphatic rings. The number of aryl methyl sites for hydroxylation is 3. The number of esters is 1. The number of carbonyl (C=O) groups is 1. The summed E-state index contributed by atoms with van der Waals surface area (Å²) in [4.78, 5) is 13.9. The second-order valence-electron chi connectivity index (χ2n) is 8.41. The number of nitrogens with zero attached hydrogens (tertiary/aromatic N) is 2. The molecule has 0 radical (unpaired) electrons. The number of rotatable bonds is 8. The Labute approximate surface area is 195 Å². The van der Waals surface area contributed by atoms with Crippen LogP contribution in [-0.2, 0) is 14.8 Å². The van der Waals surface area contributed by atoms with Crippen molar-refractivity contribution in [1.29, 1.82) is 0 Å². The van der Waals surface area contributed by atoms with Crippen molar-refractivity contribution in [3.63, 3.8) is 0 Å². The van der Waals surface area contributed by atoms with E-state index in [1.165, 1.54) is 11.4 Å². The van der Waals surface area contributed by atoms with Gasteiger partial charge in [-0.2, -0.15) is 4.31 Å². The summed E-state index contributed by atoms with van der Waals surface area (Å²) in [7, 11) is -2.24. The third kappa shape index (κ3) is 6.11. The molecular weight excluding hydrogens is 444 g/mol. The van der Waals surface area contributed by atoms with Crippen LogP contribution in [0.5, 0.6) is 5.75 Å². The normalized spacial score (nSPS) is 16.4. The van der Waals surface area contributed by atoms with E-state index in [2.05, 4.69) is 4.74 Å². The predicted molar refractivity (Wildman–Crippen MR) is 125 cm³/mol. The zero-order valence-electron chi connectivity index (χ0n) is 19.6. The van der Waals surface area contributed by atoms with Gasteiger partial charge in [0.15, 0.2) is 0 Å². The Hall–Kier alpha value is -2.46. The van der Waals surface area contributed by atoms with E-state index < -0.39 is 22.1 Å². The SMILES string of the molecule is COC(=O)c1ccc(OCC(O)CN2CCN(S(=O)(=O)c3c(C)cc(C)cc3C)CC2)cc1. The Kier molecular flexibility index (Phi) is 8.12. The standard InChI is InChI=1S/C24H32N2O6S/c1-17-13-18(2)23(19(3)14-17)33(29,30)26-11-9-25(10-12-26)15-21(27)16-32-22-7-5-20(6-8-22)24(28)31-4/h5-8,13-14,21,27H,9-12,15-16H2,1-4H3. The van der Waals surface area contributed by atoms with E-state index in [4.69, 9.17) is 4.74 Å². The van der Waals surface area contributed by atoms with Crippen LogP contribution in [0.2, 0.25) is 0 Å². The quantitative estimate of drug-likeness (QED) is 0.583. The van der Waals surface area contributed by atoms with Crippen molar-refractivity contribution in [3.8, 4) is 5.75 Å². The lowest BCUT2D eigenvalue weighted by molar-refractivity contribution is 0.0565. The maximum atomic E-state index is 13.2. The van der Waals surface area contributed by atoms with E-state index in [1.54, 1.807) is 24.3 Å². The summed E-state index contributed by atoms with van der Waals surface area (Å²) in [6.07, 6.45) is -0.727. The average Bonchev–Trinajstić information content (AvgIpc) is 2.77. The number of aliphatic hydroxyl groups is 1. The van der Waals surface area contributed by atoms with Crippen molar-refractivity contribution in [2.75, 3.05) is 46.4 Å². The van der Waals surface area contributed by atoms with Crippen LogP contribution in [0.4, 0.5) is 0 Å². The fraction of sp³-hybridized carbons (Fsp3) is 0.458. The molecule has 1 fully saturated rings. The zero-order chi connectivity index (χ0) is 24.2. The van der Waals surface area contributed by atoms with Crippen molar-refractivity contribution < 1.29 is 27.8 Å². The van der Waals surface area contributed by atoms with Gasteiger partial charge in [-0.05, 0) is 56.2 Å². The van der Waals surface area contributed by atoms with E-state index in [0.29, 0.717) is 48.9 Å². The third-order valence-electron chi connectivity index (χ3n) is 5.72. The number of methoxy groups -OCH3 is 1. The van der Waals surface area contributed by atoms with E-state index in [1.807, 2.05) is 37.8 Å². The molecular formula is C24H32N2O6S. The van der Waals surface area contributed by atoms with E-state index >= 15 is 0 Å². The second-order valence-corrected chi connectivity index (χ2v) is 10.3. The summed E-state index contributed by atoms with van der Waals surface area (Å²) in [5, 5.41) is 10.4. The number of piperazine rings is 1. The smallest absolute Gasteiger partial charge is 0.337 e. The summed E-state index contributed by atoms with van der Waals surface area (Å²) in [5.41, 5.74) is 3.00. The molecule has 1 atom stereocenters. The molecule has 0 saturated carbocycles. The molecule has 3 rings (SSSR count). The van der Waals surface area contributed by atoms with Gasteiger partial charge in [0.1, 0.15) is 18.5 Å². The molecule has 0 amide bonds. The molecule has 0 aromatic heterocycles. The van der Waals surface area contributed by atoms with Crippen LogP contribution in [0.3, 0.4) is 0 Å². The number of β-amino-alcohol motifs (C(OH)–C–C–N with tert-alkyl or cyclic N) is 1. The Balaban J connectivity index is 1.50. The Bertz CT molecular complexity index is 1050. The van der Waals surface area contributed by atoms with E-state index in [-0.39, 0.29) is 6.61 Å². The van der Waals surface area contributed by atoms with Crippen LogP contribution in [-0.4, -0.2) is 81.2 Å². The van der Waals surface area contributed by atoms with E-state index in [0.717, 1.165) is 16.7 Å². The van der Waals surface area contributed by atoms with Gasteiger partial charge in [-0.15, -0.1) is 0 Å². The lowest BCUT2D eigenvalue weighted by atomic mass is 10.1. The third-order valence-corrected chi connectivity index (χ3v) is 7.93. The molecule has 8 nitrogen and oxygen atoms in total. The molecule has 180 valence electrons. The Morgan fingerprint density at radius 3 is 2.15 bits per heavy atom. The van der Waals surface area contributed by atoms with Crippen molar-refractivity contribution in [3.05, 3.63) is 58.7 Å². The first-order chi connectivity index (χ1) is 15.6. The van der Waals surface area contributed by atoms with Crippen molar-refractivity contribution in [2.45, 2.75) is 31.8 Å². The van der Waals surface area contributed by atoms with Gasteiger partial charge < -0.3 is 14.6 Å². The van der Waals surface area contributed by atoms with E-state index in [9.17, 15) is 18.3 Å². The first-order valence-electron chi connectivity index (χ1n) is 10.9. The van der Waals surface area contributed by atoms with Crippen LogP contribution < -0.4 is 4.74 Å². The molecule has 2 aromatic carbocycles. The van der Waals surface area contributed by atoms with Gasteiger partial charge in [0.2, 0.25) is 10.0 Å². The molecule has 1 aliphatic heterocycles. The molecule has 1 heterocycles. The van der Waals surface area contributed by atoms with Crippen LogP contribution in [0.25, 0.3) is 0 Å². The largest absolute Gasteiger partial charge is 0.491 e. The molecule has 0 aliphatic carbocycles. The highest BCUT2D eigenvalue weighted by atomic mass is 32.2. The monoisotopic (exact) mass is 476 g/mol. The highest BCUT2D eigenvalue weighted by Crippen LogP contribution is 2.26. The fourth-order valence-corrected chi connectivity index (χ4v) is 6.04. The van der Waals surface area contributed by atoms with Crippen LogP contribution >= 0.6 is 0 Å². The van der Waals surface area contributed by atoms with Crippen molar-refractivity contribution in [2.24, 2.45) is 0 Å². The highest BCUT2D eigenvalue weighted by Gasteiger charge is 2.31. The number of sulfonamides is 1. The minimum Gasteiger partial charge on any atom is -0.491 e. The van der Waals surface area contributed by atoms with Crippen LogP contribution in [0.15, 0.2) is 41.3 Å². The van der Waals surface area contributed by atoms with Crippen LogP contribution in [0.1, 0.15) is 27.0 Å². The molecule has 0 spiro atoms. The summed E-state index contributed by atoms with van der Waals surface area (Å²) in [5.74, 6) is 0.122. The minimum absolute atomic E-state index is 0.0951. The maximum absolute atomic E-state index is 13.2. The maximum Gasteiger partial charge on any atom is 0.337 e. The Morgan fingerprint density at radius 1 is 1.03 bits per heavy atom. The number of hydrogen-bond donors (Lipinski definition) is 1. The molecule has 33 heavy (non-hydrogen) atoms. The molecule has 1 unspecified atom stereocenters. The van der Waals surface area contributed by atoms with Crippen molar-refractivity contribution >= 4 is 16.0 Å². The lowest BCUT2D eigenvalue weighted by Crippen LogP contribution is -2.51. The van der Waals surface area contributed by atoms with Crippen LogP contribution in [0, 0.1) is 20.8 Å². The number of aliphatic hydroxyl groups excluding tert-OH is 1. The topological polar surface area (TPSA) is 96.4 Å². The van der Waals surface area contributed by atoms with Gasteiger partial charge in [-0.3, -0.25) is 4.90 Å². The van der Waals surface area contributed by atoms with Gasteiger partial charge in [0.05, 0.1) is 17.6 Å². The number of hydrogen-bond acceptors (Lipinski definition) is 7. The fourth-order valence-electron chi connectivity index (χ4n) is 4.20. The zero-order valence-corrected chi connectivity index (χ0v) is 20.4. The number of benzene rings is 2. The second kappa shape index (κ2) is 10.6. The van der Waals surface area contributed by atoms with Gasteiger partial charge in [-0.1, -0.05) is 17.7 Å². The predicted octanol–water partition coefficient (Wildman–Crippen LogP) is 2.14. The average molecular weight is 477 g/mol. The molecule has 1 saturated heterocycles. The lowest BCUT2D eigenvalue weighted by Gasteiger charge is -2.35. The van der Waals surface area contributed by atoms with Gasteiger partial charge in [-0.25, -0.2) is 13.2 Å². The minimum atomic E-state index is -3.56. The first-order valence-corrected chi connectivity index (χ1v) is 12.4. The highest BCUT2D eigenvalue weighted by molar-refractivity contribution is 7.89. The van der Waals surface area contributed by atoms with Gasteiger partial charge >= 0.3 is 5.97 Å². The molecule has 2 aromatic rings. The molecule has 9 heteroatoms. The summed E-state index contributed by atoms with van der Waals surface area (Å²) in [6.45, 7) is 7.93. The van der Waals surface area contributed by atoms with Crippen molar-refractivity contribution in [1.82, 2.24) is 9.21 Å². The summed E-state index contributed by atoms with van der Waals surface area (Å²) in [6, 6.07) is 10.3. The molecule has 0 bridgehead atoms. The summed E-state index contributed by atoms with van der Waals surface area (Å²) >= 11 is 0. The van der Waals surface area contributed by atoms with Gasteiger partial charge in [0, 0.05) is 32.7 Å². The number of ether oxygens (including phenoxy) is 2. The van der Waals surface area contributed by atoms with Gasteiger partial charge in [0.25, 0.3) is 0 Å². The first kappa shape index (κ1) is 25.2. The number of carbonyl (C=O) groups excluding carboxylic acids is 1.